The minimum absolute atomic E-state index is 0.0640. The van der Waals surface area contributed by atoms with Crippen LogP contribution in [0.5, 0.6) is 0 Å². The third kappa shape index (κ3) is 4.83. The van der Waals surface area contributed by atoms with Gasteiger partial charge >= 0.3 is 0 Å². The fourth-order valence-electron chi connectivity index (χ4n) is 5.44. The maximum Gasteiger partial charge on any atom is 0.261 e. The van der Waals surface area contributed by atoms with Crippen LogP contribution in [0.2, 0.25) is 5.04 Å². The minimum atomic E-state index is -2.65. The number of carbonyl (C=O) groups excluding carboxylic acids is 3. The van der Waals surface area contributed by atoms with Crippen LogP contribution in [-0.4, -0.2) is 32.3 Å². The molecule has 1 aliphatic carbocycles. The average molecular weight is 505 g/mol. The van der Waals surface area contributed by atoms with Gasteiger partial charge in [-0.3, -0.25) is 14.4 Å². The van der Waals surface area contributed by atoms with Crippen LogP contribution >= 0.6 is 0 Å². The van der Waals surface area contributed by atoms with E-state index in [2.05, 4.69) is 69.3 Å². The van der Waals surface area contributed by atoms with Crippen LogP contribution in [0.1, 0.15) is 61.8 Å². The van der Waals surface area contributed by atoms with Crippen LogP contribution in [0, 0.1) is 16.7 Å². The Labute approximate surface area is 217 Å². The summed E-state index contributed by atoms with van der Waals surface area (Å²) in [7, 11) is -2.65. The molecule has 2 aromatic rings. The Balaban J connectivity index is 1.91. The van der Waals surface area contributed by atoms with Gasteiger partial charge in [-0.15, -0.1) is 0 Å². The predicted octanol–water partition coefficient (Wildman–Crippen LogP) is 5.29. The van der Waals surface area contributed by atoms with Crippen LogP contribution in [0.3, 0.4) is 0 Å². The summed E-state index contributed by atoms with van der Waals surface area (Å²) in [5.74, 6) is -1.14. The maximum atomic E-state index is 13.1. The summed E-state index contributed by atoms with van der Waals surface area (Å²) in [5.41, 5.74) is -2.24. The summed E-state index contributed by atoms with van der Waals surface area (Å²) in [6.45, 7) is 15.7. The largest absolute Gasteiger partial charge is 0.407 e. The molecular formula is C31H40O4Si. The van der Waals surface area contributed by atoms with Crippen LogP contribution in [0.15, 0.2) is 72.3 Å². The van der Waals surface area contributed by atoms with E-state index in [1.165, 1.54) is 10.4 Å². The second-order valence-corrected chi connectivity index (χ2v) is 16.4. The molecule has 0 amide bonds. The summed E-state index contributed by atoms with van der Waals surface area (Å²) in [6.07, 6.45) is 2.42. The van der Waals surface area contributed by atoms with Crippen LogP contribution in [-0.2, 0) is 18.8 Å². The SMILES string of the molecule is CC(C=C1C(=O)C(C)(C)C(=O)C(C)(C)C1=O)CCO[Si](c1ccccc1)(c1ccccc1)C(C)(C)C. The lowest BCUT2D eigenvalue weighted by atomic mass is 9.60. The third-order valence-corrected chi connectivity index (χ3v) is 12.6. The second kappa shape index (κ2) is 10.0. The summed E-state index contributed by atoms with van der Waals surface area (Å²) in [5, 5.41) is 2.31. The zero-order valence-electron chi connectivity index (χ0n) is 23.0. The number of benzene rings is 2. The number of hydrogen-bond acceptors (Lipinski definition) is 4. The van der Waals surface area contributed by atoms with Gasteiger partial charge in [-0.1, -0.05) is 94.4 Å². The minimum Gasteiger partial charge on any atom is -0.407 e. The highest BCUT2D eigenvalue weighted by Gasteiger charge is 2.55. The quantitative estimate of drug-likeness (QED) is 0.223. The van der Waals surface area contributed by atoms with Crippen LogP contribution in [0.4, 0.5) is 0 Å². The van der Waals surface area contributed by atoms with Crippen LogP contribution in [0.25, 0.3) is 0 Å². The first-order chi connectivity index (χ1) is 16.7. The standard InChI is InChI=1S/C31H40O4Si/c1-22(21-25-26(32)30(5,6)28(34)31(7,8)27(25)33)19-20-35-36(29(2,3)4,23-15-11-9-12-16-23)24-17-13-10-14-18-24/h9-18,21-22H,19-20H2,1-8H3. The highest BCUT2D eigenvalue weighted by atomic mass is 28.4. The molecule has 3 rings (SSSR count). The molecule has 1 saturated carbocycles. The summed E-state index contributed by atoms with van der Waals surface area (Å²) in [6, 6.07) is 21.0. The normalized spacial score (nSPS) is 18.8. The third-order valence-electron chi connectivity index (χ3n) is 7.52. The van der Waals surface area contributed by atoms with Crippen LogP contribution < -0.4 is 10.4 Å². The molecule has 192 valence electrons. The first-order valence-electron chi connectivity index (χ1n) is 12.8. The molecule has 4 nitrogen and oxygen atoms in total. The van der Waals surface area contributed by atoms with Crippen molar-refractivity contribution < 1.29 is 18.8 Å². The highest BCUT2D eigenvalue weighted by Crippen LogP contribution is 2.41. The molecule has 0 spiro atoms. The molecule has 1 aliphatic rings. The zero-order chi connectivity index (χ0) is 26.9. The Morgan fingerprint density at radius 1 is 0.806 bits per heavy atom. The van der Waals surface area contributed by atoms with E-state index in [-0.39, 0.29) is 33.9 Å². The summed E-state index contributed by atoms with van der Waals surface area (Å²) >= 11 is 0. The number of rotatable bonds is 7. The Kier molecular flexibility index (Phi) is 7.78. The fraction of sp³-hybridized carbons (Fsp3) is 0.452. The lowest BCUT2D eigenvalue weighted by Gasteiger charge is -2.43. The lowest BCUT2D eigenvalue weighted by Crippen LogP contribution is -2.66. The summed E-state index contributed by atoms with van der Waals surface area (Å²) < 4.78 is 6.96. The molecule has 1 atom stereocenters. The molecule has 1 unspecified atom stereocenters. The van der Waals surface area contributed by atoms with E-state index in [9.17, 15) is 14.4 Å². The molecule has 5 heteroatoms. The monoisotopic (exact) mass is 504 g/mol. The highest BCUT2D eigenvalue weighted by molar-refractivity contribution is 6.99. The van der Waals surface area contributed by atoms with Crippen molar-refractivity contribution in [2.75, 3.05) is 6.61 Å². The molecule has 0 N–H and O–H groups in total. The van der Waals surface area contributed by atoms with E-state index < -0.39 is 19.1 Å². The van der Waals surface area contributed by atoms with Gasteiger partial charge in [-0.2, -0.15) is 0 Å². The first-order valence-corrected chi connectivity index (χ1v) is 14.7. The Morgan fingerprint density at radius 3 is 1.61 bits per heavy atom. The van der Waals surface area contributed by atoms with Crippen molar-refractivity contribution in [3.8, 4) is 0 Å². The van der Waals surface area contributed by atoms with Gasteiger partial charge in [0.1, 0.15) is 0 Å². The zero-order valence-corrected chi connectivity index (χ0v) is 24.0. The van der Waals surface area contributed by atoms with Gasteiger partial charge in [-0.25, -0.2) is 0 Å². The number of Topliss-reactive ketones (excluding diaryl/α,β-unsaturated/α-hetero) is 3. The van der Waals surface area contributed by atoms with Crippen molar-refractivity contribution in [2.45, 2.75) is 66.8 Å². The molecule has 0 heterocycles. The second-order valence-electron chi connectivity index (χ2n) is 12.1. The number of hydrogen-bond donors (Lipinski definition) is 0. The van der Waals surface area contributed by atoms with Gasteiger partial charge < -0.3 is 4.43 Å². The molecule has 1 fully saturated rings. The van der Waals surface area contributed by atoms with Crippen molar-refractivity contribution in [3.63, 3.8) is 0 Å². The van der Waals surface area contributed by atoms with Gasteiger partial charge in [0.05, 0.1) is 16.4 Å². The number of carbonyl (C=O) groups is 3. The van der Waals surface area contributed by atoms with Gasteiger partial charge in [0, 0.05) is 6.61 Å². The number of allylic oxidation sites excluding steroid dienone is 2. The Bertz CT molecular complexity index is 1080. The van der Waals surface area contributed by atoms with E-state index in [1.54, 1.807) is 33.8 Å². The molecule has 0 aromatic heterocycles. The van der Waals surface area contributed by atoms with E-state index in [4.69, 9.17) is 4.43 Å². The first kappa shape index (κ1) is 27.9. The van der Waals surface area contributed by atoms with Crippen molar-refractivity contribution in [1.82, 2.24) is 0 Å². The number of ketones is 3. The lowest BCUT2D eigenvalue weighted by molar-refractivity contribution is -0.151. The maximum absolute atomic E-state index is 13.1. The smallest absolute Gasteiger partial charge is 0.261 e. The molecule has 0 bridgehead atoms. The van der Waals surface area contributed by atoms with Gasteiger partial charge in [0.15, 0.2) is 17.3 Å². The molecule has 36 heavy (non-hydrogen) atoms. The van der Waals surface area contributed by atoms with Gasteiger partial charge in [0.25, 0.3) is 8.32 Å². The van der Waals surface area contributed by atoms with Crippen molar-refractivity contribution in [1.29, 1.82) is 0 Å². The van der Waals surface area contributed by atoms with E-state index in [0.717, 1.165) is 0 Å². The fourth-order valence-corrected chi connectivity index (χ4v) is 10.0. The van der Waals surface area contributed by atoms with Crippen molar-refractivity contribution in [3.05, 3.63) is 72.3 Å². The van der Waals surface area contributed by atoms with E-state index in [1.807, 2.05) is 19.1 Å². The molecular weight excluding hydrogens is 464 g/mol. The summed E-state index contributed by atoms with van der Waals surface area (Å²) in [4.78, 5) is 39.0. The predicted molar refractivity (Wildman–Crippen MR) is 148 cm³/mol. The van der Waals surface area contributed by atoms with E-state index >= 15 is 0 Å². The Hall–Kier alpha value is -2.63. The molecule has 0 aliphatic heterocycles. The van der Waals surface area contributed by atoms with E-state index in [0.29, 0.717) is 13.0 Å². The average Bonchev–Trinajstić information content (AvgIpc) is 2.83. The van der Waals surface area contributed by atoms with Crippen molar-refractivity contribution >= 4 is 36.0 Å². The Morgan fingerprint density at radius 2 is 1.22 bits per heavy atom. The molecule has 2 aromatic carbocycles. The van der Waals surface area contributed by atoms with Gasteiger partial charge in [0.2, 0.25) is 0 Å². The van der Waals surface area contributed by atoms with Gasteiger partial charge in [-0.05, 0) is 55.4 Å². The topological polar surface area (TPSA) is 60.4 Å². The molecule has 0 radical (unpaired) electrons. The molecule has 0 saturated heterocycles. The van der Waals surface area contributed by atoms with Crippen molar-refractivity contribution in [2.24, 2.45) is 16.7 Å².